The zero-order valence-electron chi connectivity index (χ0n) is 8.98. The Kier molecular flexibility index (Phi) is 2.93. The van der Waals surface area contributed by atoms with Crippen LogP contribution in [0.3, 0.4) is 0 Å². The number of carbonyl (C=O) groups is 1. The first kappa shape index (κ1) is 11.7. The molecule has 6 heteroatoms. The fourth-order valence-electron chi connectivity index (χ4n) is 1.64. The Hall–Kier alpha value is -1.75. The molecule has 17 heavy (non-hydrogen) atoms. The molecule has 0 aromatic heterocycles. The van der Waals surface area contributed by atoms with Crippen LogP contribution in [0, 0.1) is 5.41 Å². The Morgan fingerprint density at radius 1 is 1.53 bits per heavy atom. The molecule has 0 saturated heterocycles. The molecule has 1 saturated carbocycles. The van der Waals surface area contributed by atoms with Gasteiger partial charge in [-0.25, -0.2) is 0 Å². The van der Waals surface area contributed by atoms with Gasteiger partial charge in [-0.2, -0.15) is 0 Å². The van der Waals surface area contributed by atoms with E-state index in [9.17, 15) is 4.79 Å². The summed E-state index contributed by atoms with van der Waals surface area (Å²) >= 11 is 5.81. The molecule has 0 heterocycles. The maximum absolute atomic E-state index is 12.0. The lowest BCUT2D eigenvalue weighted by atomic mass is 10.1. The molecule has 1 aliphatic rings. The van der Waals surface area contributed by atoms with E-state index in [0.717, 1.165) is 0 Å². The molecule has 0 radical (unpaired) electrons. The first-order valence-corrected chi connectivity index (χ1v) is 5.51. The quantitative estimate of drug-likeness (QED) is 0.332. The molecule has 1 aliphatic carbocycles. The van der Waals surface area contributed by atoms with Crippen LogP contribution in [-0.2, 0) is 4.79 Å². The Balaban J connectivity index is 2.13. The molecule has 1 fully saturated rings. The van der Waals surface area contributed by atoms with Crippen LogP contribution in [0.25, 0.3) is 0 Å². The summed E-state index contributed by atoms with van der Waals surface area (Å²) in [5.41, 5.74) is 5.26. The fourth-order valence-corrected chi connectivity index (χ4v) is 1.83. The van der Waals surface area contributed by atoms with Crippen LogP contribution < -0.4 is 11.1 Å². The lowest BCUT2D eigenvalue weighted by Gasteiger charge is -2.13. The number of anilines is 1. The van der Waals surface area contributed by atoms with Crippen molar-refractivity contribution in [1.29, 1.82) is 0 Å². The van der Waals surface area contributed by atoms with Crippen molar-refractivity contribution in [2.24, 2.45) is 16.3 Å². The number of oxime groups is 1. The number of amidine groups is 1. The van der Waals surface area contributed by atoms with E-state index in [-0.39, 0.29) is 11.7 Å². The monoisotopic (exact) mass is 253 g/mol. The number of carbonyl (C=O) groups excluding carboxylic acids is 1. The van der Waals surface area contributed by atoms with Crippen molar-refractivity contribution < 1.29 is 10.0 Å². The van der Waals surface area contributed by atoms with Crippen molar-refractivity contribution in [3.05, 3.63) is 29.3 Å². The first-order valence-electron chi connectivity index (χ1n) is 5.13. The van der Waals surface area contributed by atoms with Crippen molar-refractivity contribution in [2.75, 3.05) is 5.32 Å². The van der Waals surface area contributed by atoms with Gasteiger partial charge in [0.05, 0.1) is 0 Å². The average Bonchev–Trinajstić information content (AvgIpc) is 3.09. The normalized spacial score (nSPS) is 17.6. The zero-order valence-corrected chi connectivity index (χ0v) is 9.74. The number of nitrogens with one attached hydrogen (secondary N) is 1. The van der Waals surface area contributed by atoms with Gasteiger partial charge in [0, 0.05) is 10.7 Å². The third-order valence-corrected chi connectivity index (χ3v) is 3.10. The maximum atomic E-state index is 12.0. The molecule has 4 N–H and O–H groups in total. The first-order chi connectivity index (χ1) is 8.08. The van der Waals surface area contributed by atoms with Crippen LogP contribution in [0.1, 0.15) is 12.8 Å². The SMILES string of the molecule is N/C(=N/O)C1(C(=O)Nc2cccc(Cl)c2)CC1. The molecule has 1 aromatic rings. The Bertz CT molecular complexity index is 483. The van der Waals surface area contributed by atoms with Gasteiger partial charge >= 0.3 is 0 Å². The second kappa shape index (κ2) is 4.25. The summed E-state index contributed by atoms with van der Waals surface area (Å²) in [4.78, 5) is 12.0. The van der Waals surface area contributed by atoms with Gasteiger partial charge in [-0.1, -0.05) is 22.8 Å². The minimum Gasteiger partial charge on any atom is -0.409 e. The molecule has 1 aromatic carbocycles. The highest BCUT2D eigenvalue weighted by atomic mass is 35.5. The van der Waals surface area contributed by atoms with Gasteiger partial charge in [0.1, 0.15) is 5.41 Å². The summed E-state index contributed by atoms with van der Waals surface area (Å²) in [6.45, 7) is 0. The van der Waals surface area contributed by atoms with Gasteiger partial charge in [-0.3, -0.25) is 4.79 Å². The summed E-state index contributed by atoms with van der Waals surface area (Å²) < 4.78 is 0. The number of nitrogens with zero attached hydrogens (tertiary/aromatic N) is 1. The number of benzene rings is 1. The fraction of sp³-hybridized carbons (Fsp3) is 0.273. The smallest absolute Gasteiger partial charge is 0.238 e. The van der Waals surface area contributed by atoms with E-state index in [0.29, 0.717) is 23.6 Å². The summed E-state index contributed by atoms with van der Waals surface area (Å²) in [7, 11) is 0. The Labute approximate surface area is 103 Å². The second-order valence-corrected chi connectivity index (χ2v) is 4.47. The van der Waals surface area contributed by atoms with Crippen molar-refractivity contribution in [3.8, 4) is 0 Å². The molecule has 0 bridgehead atoms. The van der Waals surface area contributed by atoms with Crippen LogP contribution in [0.4, 0.5) is 5.69 Å². The van der Waals surface area contributed by atoms with Crippen molar-refractivity contribution in [2.45, 2.75) is 12.8 Å². The Morgan fingerprint density at radius 3 is 2.76 bits per heavy atom. The second-order valence-electron chi connectivity index (χ2n) is 4.03. The lowest BCUT2D eigenvalue weighted by molar-refractivity contribution is -0.119. The predicted molar refractivity (Wildman–Crippen MR) is 65.2 cm³/mol. The molecule has 0 unspecified atom stereocenters. The van der Waals surface area contributed by atoms with Gasteiger partial charge < -0.3 is 16.3 Å². The van der Waals surface area contributed by atoms with E-state index in [1.54, 1.807) is 24.3 Å². The van der Waals surface area contributed by atoms with Gasteiger partial charge in [0.2, 0.25) is 5.91 Å². The predicted octanol–water partition coefficient (Wildman–Crippen LogP) is 1.81. The highest BCUT2D eigenvalue weighted by Gasteiger charge is 2.54. The summed E-state index contributed by atoms with van der Waals surface area (Å²) in [5, 5.41) is 14.8. The van der Waals surface area contributed by atoms with E-state index in [2.05, 4.69) is 10.5 Å². The number of nitrogens with two attached hydrogens (primary N) is 1. The van der Waals surface area contributed by atoms with E-state index >= 15 is 0 Å². The lowest BCUT2D eigenvalue weighted by Crippen LogP contribution is -2.36. The molecule has 0 spiro atoms. The topological polar surface area (TPSA) is 87.7 Å². The average molecular weight is 254 g/mol. The molecule has 5 nitrogen and oxygen atoms in total. The van der Waals surface area contributed by atoms with Crippen molar-refractivity contribution in [3.63, 3.8) is 0 Å². The number of amides is 1. The minimum atomic E-state index is -0.850. The molecular formula is C11H12ClN3O2. The summed E-state index contributed by atoms with van der Waals surface area (Å²) in [5.74, 6) is -0.313. The highest BCUT2D eigenvalue weighted by molar-refractivity contribution is 6.31. The third-order valence-electron chi connectivity index (χ3n) is 2.87. The molecule has 1 amide bonds. The number of rotatable bonds is 3. The minimum absolute atomic E-state index is 0.0444. The van der Waals surface area contributed by atoms with Gasteiger partial charge in [0.25, 0.3) is 0 Å². The van der Waals surface area contributed by atoms with Crippen LogP contribution in [0.2, 0.25) is 5.02 Å². The number of halogens is 1. The van der Waals surface area contributed by atoms with E-state index in [1.807, 2.05) is 0 Å². The molecule has 0 atom stereocenters. The summed E-state index contributed by atoms with van der Waals surface area (Å²) in [6, 6.07) is 6.82. The van der Waals surface area contributed by atoms with Gasteiger partial charge in [-0.05, 0) is 31.0 Å². The van der Waals surface area contributed by atoms with Crippen LogP contribution in [0.5, 0.6) is 0 Å². The van der Waals surface area contributed by atoms with Crippen LogP contribution >= 0.6 is 11.6 Å². The van der Waals surface area contributed by atoms with Crippen LogP contribution in [-0.4, -0.2) is 17.0 Å². The number of hydrogen-bond donors (Lipinski definition) is 3. The third kappa shape index (κ3) is 2.19. The van der Waals surface area contributed by atoms with Crippen LogP contribution in [0.15, 0.2) is 29.4 Å². The highest BCUT2D eigenvalue weighted by Crippen LogP contribution is 2.46. The van der Waals surface area contributed by atoms with E-state index < -0.39 is 5.41 Å². The van der Waals surface area contributed by atoms with E-state index in [1.165, 1.54) is 0 Å². The molecular weight excluding hydrogens is 242 g/mol. The maximum Gasteiger partial charge on any atom is 0.238 e. The largest absolute Gasteiger partial charge is 0.409 e. The molecule has 90 valence electrons. The Morgan fingerprint density at radius 2 is 2.24 bits per heavy atom. The molecule has 2 rings (SSSR count). The molecule has 0 aliphatic heterocycles. The van der Waals surface area contributed by atoms with Crippen molar-refractivity contribution >= 4 is 29.0 Å². The number of hydrogen-bond acceptors (Lipinski definition) is 3. The van der Waals surface area contributed by atoms with Gasteiger partial charge in [0.15, 0.2) is 5.84 Å². The van der Waals surface area contributed by atoms with E-state index in [4.69, 9.17) is 22.5 Å². The van der Waals surface area contributed by atoms with Crippen molar-refractivity contribution in [1.82, 2.24) is 0 Å². The summed E-state index contributed by atoms with van der Waals surface area (Å²) in [6.07, 6.45) is 1.19. The van der Waals surface area contributed by atoms with Gasteiger partial charge in [-0.15, -0.1) is 0 Å². The zero-order chi connectivity index (χ0) is 12.5. The standard InChI is InChI=1S/C11H12ClN3O2/c12-7-2-1-3-8(6-7)14-10(16)11(4-5-11)9(13)15-17/h1-3,6,17H,4-5H2,(H2,13,15)(H,14,16).